The quantitative estimate of drug-likeness (QED) is 0.669. The van der Waals surface area contributed by atoms with E-state index in [9.17, 15) is 9.59 Å². The van der Waals surface area contributed by atoms with Crippen LogP contribution in [0, 0.1) is 20.8 Å². The van der Waals surface area contributed by atoms with Crippen molar-refractivity contribution in [1.82, 2.24) is 24.4 Å². The van der Waals surface area contributed by atoms with Gasteiger partial charge in [-0.1, -0.05) is 18.2 Å². The van der Waals surface area contributed by atoms with Crippen LogP contribution in [0.2, 0.25) is 0 Å². The van der Waals surface area contributed by atoms with Crippen molar-refractivity contribution >= 4 is 17.5 Å². The minimum atomic E-state index is 0.0304. The molecule has 1 aliphatic heterocycles. The number of aryl methyl sites for hydroxylation is 3. The minimum Gasteiger partial charge on any atom is -0.339 e. The van der Waals surface area contributed by atoms with E-state index in [0.717, 1.165) is 28.3 Å². The summed E-state index contributed by atoms with van der Waals surface area (Å²) in [5.74, 6) is 0.153. The zero-order valence-electron chi connectivity index (χ0n) is 17.8. The van der Waals surface area contributed by atoms with Crippen LogP contribution < -0.4 is 0 Å². The summed E-state index contributed by atoms with van der Waals surface area (Å²) >= 11 is 0. The van der Waals surface area contributed by atoms with Gasteiger partial charge < -0.3 is 9.80 Å². The average Bonchev–Trinajstić information content (AvgIpc) is 3.14. The monoisotopic (exact) mass is 405 g/mol. The number of carbonyl (C=O) groups excluding carboxylic acids is 2. The topological polar surface area (TPSA) is 70.8 Å². The summed E-state index contributed by atoms with van der Waals surface area (Å²) in [4.78, 5) is 33.7. The Morgan fingerprint density at radius 2 is 1.63 bits per heavy atom. The predicted molar refractivity (Wildman–Crippen MR) is 114 cm³/mol. The van der Waals surface area contributed by atoms with Crippen LogP contribution in [0.5, 0.6) is 0 Å². The Labute approximate surface area is 176 Å². The molecule has 156 valence electrons. The number of fused-ring (bicyclic) bond motifs is 1. The zero-order chi connectivity index (χ0) is 21.3. The number of aromatic nitrogens is 3. The van der Waals surface area contributed by atoms with E-state index in [0.29, 0.717) is 44.6 Å². The van der Waals surface area contributed by atoms with Gasteiger partial charge in [0.1, 0.15) is 0 Å². The lowest BCUT2D eigenvalue weighted by atomic mass is 10.1. The maximum atomic E-state index is 12.8. The Balaban J connectivity index is 1.36. The van der Waals surface area contributed by atoms with Crippen LogP contribution in [0.25, 0.3) is 5.65 Å². The van der Waals surface area contributed by atoms with E-state index in [1.165, 1.54) is 0 Å². The molecule has 0 saturated carbocycles. The molecule has 0 radical (unpaired) electrons. The molecular weight excluding hydrogens is 378 g/mol. The van der Waals surface area contributed by atoms with Gasteiger partial charge in [-0.05, 0) is 44.9 Å². The van der Waals surface area contributed by atoms with Gasteiger partial charge in [-0.2, -0.15) is 5.10 Å². The predicted octanol–water partition coefficient (Wildman–Crippen LogP) is 2.57. The summed E-state index contributed by atoms with van der Waals surface area (Å²) in [7, 11) is 0. The van der Waals surface area contributed by atoms with Crippen LogP contribution in [-0.4, -0.2) is 62.4 Å². The van der Waals surface area contributed by atoms with Crippen molar-refractivity contribution in [3.63, 3.8) is 0 Å². The maximum Gasteiger partial charge on any atom is 0.253 e. The van der Waals surface area contributed by atoms with Gasteiger partial charge in [0.2, 0.25) is 5.91 Å². The molecule has 30 heavy (non-hydrogen) atoms. The highest BCUT2D eigenvalue weighted by Gasteiger charge is 2.25. The molecule has 0 spiro atoms. The van der Waals surface area contributed by atoms with Crippen molar-refractivity contribution < 1.29 is 9.59 Å². The van der Waals surface area contributed by atoms with E-state index in [1.54, 1.807) is 0 Å². The van der Waals surface area contributed by atoms with E-state index in [2.05, 4.69) is 10.1 Å². The van der Waals surface area contributed by atoms with Crippen LogP contribution in [0.15, 0.2) is 36.4 Å². The Morgan fingerprint density at radius 1 is 0.967 bits per heavy atom. The summed E-state index contributed by atoms with van der Waals surface area (Å²) < 4.78 is 1.86. The lowest BCUT2D eigenvalue weighted by molar-refractivity contribution is -0.132. The van der Waals surface area contributed by atoms with E-state index < -0.39 is 0 Å². The molecule has 4 rings (SSSR count). The Hall–Kier alpha value is -3.22. The number of hydrogen-bond donors (Lipinski definition) is 0. The fraction of sp³-hybridized carbons (Fsp3) is 0.391. The van der Waals surface area contributed by atoms with Crippen molar-refractivity contribution in [1.29, 1.82) is 0 Å². The number of nitrogens with zero attached hydrogens (tertiary/aromatic N) is 5. The van der Waals surface area contributed by atoms with Crippen molar-refractivity contribution in [2.45, 2.75) is 33.6 Å². The van der Waals surface area contributed by atoms with Gasteiger partial charge in [-0.15, -0.1) is 0 Å². The molecule has 2 aromatic heterocycles. The van der Waals surface area contributed by atoms with Gasteiger partial charge in [0.25, 0.3) is 5.91 Å². The highest BCUT2D eigenvalue weighted by molar-refractivity contribution is 5.94. The normalized spacial score (nSPS) is 14.4. The highest BCUT2D eigenvalue weighted by atomic mass is 16.2. The van der Waals surface area contributed by atoms with Crippen LogP contribution in [0.4, 0.5) is 0 Å². The molecule has 1 saturated heterocycles. The van der Waals surface area contributed by atoms with Crippen LogP contribution >= 0.6 is 0 Å². The van der Waals surface area contributed by atoms with Gasteiger partial charge in [0.15, 0.2) is 5.65 Å². The fourth-order valence-electron chi connectivity index (χ4n) is 4.12. The molecule has 3 aromatic rings. The first kappa shape index (κ1) is 20.1. The maximum absolute atomic E-state index is 12.8. The minimum absolute atomic E-state index is 0.0304. The molecule has 0 atom stereocenters. The zero-order valence-corrected chi connectivity index (χ0v) is 17.8. The van der Waals surface area contributed by atoms with Gasteiger partial charge >= 0.3 is 0 Å². The molecule has 1 aromatic carbocycles. The van der Waals surface area contributed by atoms with Gasteiger partial charge in [-0.25, -0.2) is 9.50 Å². The van der Waals surface area contributed by atoms with Crippen molar-refractivity contribution in [2.75, 3.05) is 26.2 Å². The number of hydrogen-bond acceptors (Lipinski definition) is 4. The SMILES string of the molecule is Cc1cc2nc(C)c(CCC(=O)N3CCN(C(=O)c4ccccc4)CC3)c(C)n2n1. The largest absolute Gasteiger partial charge is 0.339 e. The molecule has 1 fully saturated rings. The van der Waals surface area contributed by atoms with Crippen LogP contribution in [0.1, 0.15) is 39.4 Å². The van der Waals surface area contributed by atoms with Gasteiger partial charge in [0.05, 0.1) is 5.69 Å². The van der Waals surface area contributed by atoms with Crippen LogP contribution in [0.3, 0.4) is 0 Å². The molecular formula is C23H27N5O2. The molecule has 0 bridgehead atoms. The third kappa shape index (κ3) is 3.92. The lowest BCUT2D eigenvalue weighted by Crippen LogP contribution is -2.50. The Kier molecular flexibility index (Phi) is 5.53. The van der Waals surface area contributed by atoms with E-state index >= 15 is 0 Å². The number of piperazine rings is 1. The summed E-state index contributed by atoms with van der Waals surface area (Å²) in [6, 6.07) is 11.3. The lowest BCUT2D eigenvalue weighted by Gasteiger charge is -2.35. The second-order valence-corrected chi connectivity index (χ2v) is 7.86. The number of benzene rings is 1. The summed E-state index contributed by atoms with van der Waals surface area (Å²) in [6.45, 7) is 8.26. The molecule has 0 N–H and O–H groups in total. The van der Waals surface area contributed by atoms with Crippen molar-refractivity contribution in [2.24, 2.45) is 0 Å². The smallest absolute Gasteiger partial charge is 0.253 e. The van der Waals surface area contributed by atoms with Gasteiger partial charge in [0, 0.05) is 55.6 Å². The third-order valence-electron chi connectivity index (χ3n) is 5.82. The summed E-state index contributed by atoms with van der Waals surface area (Å²) in [5.41, 5.74) is 5.54. The highest BCUT2D eigenvalue weighted by Crippen LogP contribution is 2.18. The Bertz CT molecular complexity index is 1080. The summed E-state index contributed by atoms with van der Waals surface area (Å²) in [5, 5.41) is 4.50. The van der Waals surface area contributed by atoms with E-state index in [4.69, 9.17) is 0 Å². The standard InChI is InChI=1S/C23H27N5O2/c1-16-15-21-24-17(2)20(18(3)28(21)25-16)9-10-22(29)26-11-13-27(14-12-26)23(30)19-7-5-4-6-8-19/h4-8,15H,9-14H2,1-3H3. The second-order valence-electron chi connectivity index (χ2n) is 7.86. The summed E-state index contributed by atoms with van der Waals surface area (Å²) in [6.07, 6.45) is 1.07. The molecule has 7 nitrogen and oxygen atoms in total. The Morgan fingerprint density at radius 3 is 2.33 bits per heavy atom. The average molecular weight is 406 g/mol. The fourth-order valence-corrected chi connectivity index (χ4v) is 4.12. The first-order chi connectivity index (χ1) is 14.4. The van der Waals surface area contributed by atoms with Crippen molar-refractivity contribution in [3.8, 4) is 0 Å². The molecule has 1 aliphatic rings. The molecule has 2 amide bonds. The van der Waals surface area contributed by atoms with E-state index in [-0.39, 0.29) is 11.8 Å². The number of rotatable bonds is 4. The van der Waals surface area contributed by atoms with Gasteiger partial charge in [-0.3, -0.25) is 9.59 Å². The third-order valence-corrected chi connectivity index (χ3v) is 5.82. The van der Waals surface area contributed by atoms with E-state index in [1.807, 2.05) is 71.5 Å². The van der Waals surface area contributed by atoms with Crippen LogP contribution in [-0.2, 0) is 11.2 Å². The van der Waals surface area contributed by atoms with Crippen molar-refractivity contribution in [3.05, 3.63) is 64.6 Å². The molecule has 7 heteroatoms. The number of carbonyl (C=O) groups is 2. The first-order valence-electron chi connectivity index (χ1n) is 10.4. The second kappa shape index (κ2) is 8.26. The first-order valence-corrected chi connectivity index (χ1v) is 10.4. The molecule has 0 aliphatic carbocycles. The molecule has 3 heterocycles. The number of amides is 2. The molecule has 0 unspecified atom stereocenters.